The van der Waals surface area contributed by atoms with E-state index in [1.165, 1.54) is 82.6 Å². The first-order valence-corrected chi connectivity index (χ1v) is 11.5. The fourth-order valence-corrected chi connectivity index (χ4v) is 4.08. The standard InChI is InChI=1S/C26H37NO/c1-2-3-4-5-6-7-8-9-10-11-12-13-17-22-18-16-21-25-26(22)27-23-19-14-15-20-24(23)28-25/h14-16,18-21,27H,2-13,17H2,1H3. The van der Waals surface area contributed by atoms with Gasteiger partial charge in [-0.3, -0.25) is 0 Å². The van der Waals surface area contributed by atoms with Crippen molar-refractivity contribution >= 4 is 11.4 Å². The molecule has 0 spiro atoms. The third kappa shape index (κ3) is 6.29. The molecule has 1 aliphatic heterocycles. The molecule has 0 amide bonds. The number of aryl methyl sites for hydroxylation is 1. The van der Waals surface area contributed by atoms with Crippen molar-refractivity contribution in [2.45, 2.75) is 90.4 Å². The maximum atomic E-state index is 6.07. The molecule has 3 rings (SSSR count). The number of hydrogen-bond acceptors (Lipinski definition) is 2. The lowest BCUT2D eigenvalue weighted by molar-refractivity contribution is 0.480. The van der Waals surface area contributed by atoms with E-state index in [-0.39, 0.29) is 0 Å². The maximum absolute atomic E-state index is 6.07. The molecule has 2 aromatic rings. The molecule has 0 saturated carbocycles. The Kier molecular flexibility index (Phi) is 8.74. The molecule has 0 aromatic heterocycles. The van der Waals surface area contributed by atoms with Crippen molar-refractivity contribution < 1.29 is 4.74 Å². The molecule has 0 unspecified atom stereocenters. The highest BCUT2D eigenvalue weighted by Crippen LogP contribution is 2.43. The number of anilines is 2. The summed E-state index contributed by atoms with van der Waals surface area (Å²) in [6.45, 7) is 2.29. The van der Waals surface area contributed by atoms with Gasteiger partial charge in [0.1, 0.15) is 0 Å². The number of benzene rings is 2. The Hall–Kier alpha value is -1.96. The highest BCUT2D eigenvalue weighted by Gasteiger charge is 2.18. The predicted molar refractivity (Wildman–Crippen MR) is 121 cm³/mol. The van der Waals surface area contributed by atoms with Crippen LogP contribution in [0.3, 0.4) is 0 Å². The molecular weight excluding hydrogens is 342 g/mol. The van der Waals surface area contributed by atoms with Crippen molar-refractivity contribution in [1.82, 2.24) is 0 Å². The van der Waals surface area contributed by atoms with Gasteiger partial charge in [0.05, 0.1) is 11.4 Å². The maximum Gasteiger partial charge on any atom is 0.151 e. The van der Waals surface area contributed by atoms with E-state index in [4.69, 9.17) is 4.74 Å². The van der Waals surface area contributed by atoms with E-state index in [0.717, 1.165) is 29.3 Å². The van der Waals surface area contributed by atoms with Crippen LogP contribution in [0.2, 0.25) is 0 Å². The summed E-state index contributed by atoms with van der Waals surface area (Å²) in [6.07, 6.45) is 17.9. The molecule has 0 saturated heterocycles. The Morgan fingerprint density at radius 2 is 1.25 bits per heavy atom. The molecule has 2 aromatic carbocycles. The van der Waals surface area contributed by atoms with Gasteiger partial charge < -0.3 is 10.1 Å². The molecule has 2 nitrogen and oxygen atoms in total. The van der Waals surface area contributed by atoms with Crippen LogP contribution in [0.1, 0.15) is 89.5 Å². The SMILES string of the molecule is CCCCCCCCCCCCCCc1cccc2c1Nc1ccccc1O2. The minimum absolute atomic E-state index is 0.914. The zero-order valence-corrected chi connectivity index (χ0v) is 17.6. The Labute approximate surface area is 171 Å². The third-order valence-electron chi connectivity index (χ3n) is 5.78. The highest BCUT2D eigenvalue weighted by atomic mass is 16.5. The van der Waals surface area contributed by atoms with Gasteiger partial charge >= 0.3 is 0 Å². The number of rotatable bonds is 13. The largest absolute Gasteiger partial charge is 0.453 e. The molecule has 0 aliphatic carbocycles. The predicted octanol–water partition coefficient (Wildman–Crippen LogP) is 8.78. The average molecular weight is 380 g/mol. The van der Waals surface area contributed by atoms with E-state index in [1.807, 2.05) is 18.2 Å². The lowest BCUT2D eigenvalue weighted by atomic mass is 10.0. The van der Waals surface area contributed by atoms with Crippen LogP contribution < -0.4 is 10.1 Å². The van der Waals surface area contributed by atoms with Crippen molar-refractivity contribution in [2.24, 2.45) is 0 Å². The summed E-state index contributed by atoms with van der Waals surface area (Å²) in [7, 11) is 0. The van der Waals surface area contributed by atoms with Crippen LogP contribution in [0.15, 0.2) is 42.5 Å². The van der Waals surface area contributed by atoms with E-state index in [0.29, 0.717) is 0 Å². The van der Waals surface area contributed by atoms with Crippen LogP contribution in [0.4, 0.5) is 11.4 Å². The molecule has 0 atom stereocenters. The normalized spacial score (nSPS) is 12.0. The van der Waals surface area contributed by atoms with Gasteiger partial charge in [-0.15, -0.1) is 0 Å². The van der Waals surface area contributed by atoms with Crippen molar-refractivity contribution in [3.63, 3.8) is 0 Å². The van der Waals surface area contributed by atoms with Crippen molar-refractivity contribution in [1.29, 1.82) is 0 Å². The molecule has 152 valence electrons. The molecule has 1 heterocycles. The molecule has 1 aliphatic rings. The molecular formula is C26H37NO. The number of para-hydroxylation sites is 3. The van der Waals surface area contributed by atoms with Gasteiger partial charge in [0.25, 0.3) is 0 Å². The second-order valence-corrected chi connectivity index (χ2v) is 8.15. The fraction of sp³-hybridized carbons (Fsp3) is 0.538. The number of ether oxygens (including phenoxy) is 1. The van der Waals surface area contributed by atoms with Gasteiger partial charge in [-0.2, -0.15) is 0 Å². The number of nitrogens with one attached hydrogen (secondary N) is 1. The van der Waals surface area contributed by atoms with Crippen molar-refractivity contribution in [2.75, 3.05) is 5.32 Å². The number of fused-ring (bicyclic) bond motifs is 2. The lowest BCUT2D eigenvalue weighted by Gasteiger charge is -2.24. The van der Waals surface area contributed by atoms with Crippen LogP contribution in [0.5, 0.6) is 11.5 Å². The average Bonchev–Trinajstić information content (AvgIpc) is 2.73. The summed E-state index contributed by atoms with van der Waals surface area (Å²) < 4.78 is 6.07. The third-order valence-corrected chi connectivity index (χ3v) is 5.78. The number of hydrogen-bond donors (Lipinski definition) is 1. The first-order chi connectivity index (χ1) is 13.9. The fourth-order valence-electron chi connectivity index (χ4n) is 4.08. The van der Waals surface area contributed by atoms with Crippen LogP contribution >= 0.6 is 0 Å². The van der Waals surface area contributed by atoms with Gasteiger partial charge in [-0.05, 0) is 36.6 Å². The van der Waals surface area contributed by atoms with Crippen molar-refractivity contribution in [3.8, 4) is 11.5 Å². The zero-order valence-electron chi connectivity index (χ0n) is 17.6. The van der Waals surface area contributed by atoms with Crippen LogP contribution in [0, 0.1) is 0 Å². The zero-order chi connectivity index (χ0) is 19.4. The van der Waals surface area contributed by atoms with Gasteiger partial charge in [-0.25, -0.2) is 0 Å². The van der Waals surface area contributed by atoms with Gasteiger partial charge in [0, 0.05) is 0 Å². The highest BCUT2D eigenvalue weighted by molar-refractivity contribution is 5.77. The van der Waals surface area contributed by atoms with Crippen molar-refractivity contribution in [3.05, 3.63) is 48.0 Å². The Morgan fingerprint density at radius 3 is 1.96 bits per heavy atom. The Bertz CT molecular complexity index is 709. The monoisotopic (exact) mass is 379 g/mol. The summed E-state index contributed by atoms with van der Waals surface area (Å²) in [5.41, 5.74) is 3.60. The molecule has 1 N–H and O–H groups in total. The minimum Gasteiger partial charge on any atom is -0.453 e. The lowest BCUT2D eigenvalue weighted by Crippen LogP contribution is -2.05. The number of unbranched alkanes of at least 4 members (excludes halogenated alkanes) is 11. The van der Waals surface area contributed by atoms with E-state index in [1.54, 1.807) is 0 Å². The quantitative estimate of drug-likeness (QED) is 0.300. The summed E-state index contributed by atoms with van der Waals surface area (Å²) >= 11 is 0. The summed E-state index contributed by atoms with van der Waals surface area (Å²) in [5.74, 6) is 1.87. The molecule has 0 radical (unpaired) electrons. The van der Waals surface area contributed by atoms with Crippen LogP contribution in [-0.2, 0) is 6.42 Å². The molecule has 0 fully saturated rings. The topological polar surface area (TPSA) is 21.3 Å². The van der Waals surface area contributed by atoms with Gasteiger partial charge in [-0.1, -0.05) is 102 Å². The summed E-state index contributed by atoms with van der Waals surface area (Å²) in [6, 6.07) is 14.6. The van der Waals surface area contributed by atoms with E-state index in [2.05, 4.69) is 36.5 Å². The Morgan fingerprint density at radius 1 is 0.643 bits per heavy atom. The summed E-state index contributed by atoms with van der Waals surface area (Å²) in [4.78, 5) is 0. The van der Waals surface area contributed by atoms with E-state index >= 15 is 0 Å². The smallest absolute Gasteiger partial charge is 0.151 e. The molecule has 0 bridgehead atoms. The second-order valence-electron chi connectivity index (χ2n) is 8.15. The van der Waals surface area contributed by atoms with E-state index < -0.39 is 0 Å². The van der Waals surface area contributed by atoms with Gasteiger partial charge in [0.2, 0.25) is 0 Å². The molecule has 28 heavy (non-hydrogen) atoms. The summed E-state index contributed by atoms with van der Waals surface area (Å²) in [5, 5.41) is 3.58. The van der Waals surface area contributed by atoms with Gasteiger partial charge in [0.15, 0.2) is 11.5 Å². The first kappa shape index (κ1) is 20.8. The minimum atomic E-state index is 0.914. The Balaban J connectivity index is 1.30. The first-order valence-electron chi connectivity index (χ1n) is 11.5. The van der Waals surface area contributed by atoms with Crippen LogP contribution in [-0.4, -0.2) is 0 Å². The van der Waals surface area contributed by atoms with Crippen LogP contribution in [0.25, 0.3) is 0 Å². The molecule has 2 heteroatoms. The van der Waals surface area contributed by atoms with E-state index in [9.17, 15) is 0 Å². The second kappa shape index (κ2) is 11.8.